The zero-order valence-corrected chi connectivity index (χ0v) is 16.2. The van der Waals surface area contributed by atoms with E-state index in [-0.39, 0.29) is 11.8 Å². The van der Waals surface area contributed by atoms with Gasteiger partial charge in [-0.3, -0.25) is 9.59 Å². The van der Waals surface area contributed by atoms with Crippen molar-refractivity contribution in [2.24, 2.45) is 0 Å². The Labute approximate surface area is 159 Å². The van der Waals surface area contributed by atoms with Crippen molar-refractivity contribution in [2.75, 3.05) is 39.9 Å². The van der Waals surface area contributed by atoms with Crippen molar-refractivity contribution in [2.45, 2.75) is 20.3 Å². The fourth-order valence-electron chi connectivity index (χ4n) is 2.85. The van der Waals surface area contributed by atoms with Gasteiger partial charge in [-0.2, -0.15) is 0 Å². The summed E-state index contributed by atoms with van der Waals surface area (Å²) in [6.07, 6.45) is 4.01. The molecule has 0 radical (unpaired) electrons. The number of nitrogens with zero attached hydrogens (tertiary/aromatic N) is 2. The van der Waals surface area contributed by atoms with Crippen molar-refractivity contribution in [1.29, 1.82) is 0 Å². The minimum absolute atomic E-state index is 0.0472. The summed E-state index contributed by atoms with van der Waals surface area (Å²) >= 11 is 6.25. The van der Waals surface area contributed by atoms with Crippen molar-refractivity contribution in [3.8, 4) is 11.5 Å². The van der Waals surface area contributed by atoms with Crippen LogP contribution in [0, 0.1) is 0 Å². The molecule has 0 spiro atoms. The van der Waals surface area contributed by atoms with Crippen LogP contribution < -0.4 is 9.47 Å². The fourth-order valence-corrected chi connectivity index (χ4v) is 3.12. The Morgan fingerprint density at radius 3 is 2.54 bits per heavy atom. The molecule has 0 N–H and O–H groups in total. The van der Waals surface area contributed by atoms with Crippen molar-refractivity contribution in [3.63, 3.8) is 0 Å². The lowest BCUT2D eigenvalue weighted by Crippen LogP contribution is -2.35. The van der Waals surface area contributed by atoms with Gasteiger partial charge in [0.25, 0.3) is 0 Å². The average Bonchev–Trinajstić information content (AvgIpc) is 2.88. The van der Waals surface area contributed by atoms with Gasteiger partial charge in [-0.25, -0.2) is 0 Å². The van der Waals surface area contributed by atoms with E-state index in [2.05, 4.69) is 0 Å². The molecule has 1 aromatic rings. The van der Waals surface area contributed by atoms with E-state index in [4.69, 9.17) is 21.1 Å². The number of rotatable bonds is 5. The van der Waals surface area contributed by atoms with Gasteiger partial charge in [-0.05, 0) is 37.1 Å². The third-order valence-corrected chi connectivity index (χ3v) is 4.49. The zero-order valence-electron chi connectivity index (χ0n) is 15.5. The van der Waals surface area contributed by atoms with E-state index < -0.39 is 0 Å². The highest BCUT2D eigenvalue weighted by Crippen LogP contribution is 2.36. The van der Waals surface area contributed by atoms with Gasteiger partial charge in [-0.1, -0.05) is 11.6 Å². The van der Waals surface area contributed by atoms with Crippen molar-refractivity contribution >= 4 is 29.5 Å². The number of hydrogen-bond acceptors (Lipinski definition) is 4. The van der Waals surface area contributed by atoms with E-state index in [1.54, 1.807) is 42.0 Å². The molecule has 0 aromatic heterocycles. The quantitative estimate of drug-likeness (QED) is 0.737. The summed E-state index contributed by atoms with van der Waals surface area (Å²) in [5.41, 5.74) is 0.754. The topological polar surface area (TPSA) is 59.1 Å². The predicted octanol–water partition coefficient (Wildman–Crippen LogP) is 2.84. The van der Waals surface area contributed by atoms with Crippen molar-refractivity contribution < 1.29 is 19.1 Å². The number of hydrogen-bond donors (Lipinski definition) is 0. The molecule has 0 saturated carbocycles. The van der Waals surface area contributed by atoms with Gasteiger partial charge in [-0.15, -0.1) is 0 Å². The Morgan fingerprint density at radius 2 is 1.88 bits per heavy atom. The Bertz CT molecular complexity index is 690. The molecule has 1 aliphatic heterocycles. The second kappa shape index (κ2) is 9.48. The molecule has 1 aliphatic rings. The van der Waals surface area contributed by atoms with Gasteiger partial charge in [0.1, 0.15) is 0 Å². The number of carbonyl (C=O) groups is 2. The van der Waals surface area contributed by atoms with Crippen LogP contribution in [0.1, 0.15) is 25.8 Å². The summed E-state index contributed by atoms with van der Waals surface area (Å²) in [5.74, 6) is 0.987. The van der Waals surface area contributed by atoms with E-state index in [0.29, 0.717) is 49.3 Å². The molecule has 0 unspecified atom stereocenters. The second-order valence-electron chi connectivity index (χ2n) is 5.99. The predicted molar refractivity (Wildman–Crippen MR) is 102 cm³/mol. The van der Waals surface area contributed by atoms with Gasteiger partial charge in [0.05, 0.1) is 18.7 Å². The lowest BCUT2D eigenvalue weighted by Gasteiger charge is -2.20. The molecule has 142 valence electrons. The van der Waals surface area contributed by atoms with E-state index in [1.165, 1.54) is 6.08 Å². The molecule has 2 amide bonds. The molecule has 6 nitrogen and oxygen atoms in total. The summed E-state index contributed by atoms with van der Waals surface area (Å²) in [6, 6.07) is 3.51. The summed E-state index contributed by atoms with van der Waals surface area (Å²) in [6.45, 7) is 6.34. The first-order valence-electron chi connectivity index (χ1n) is 8.69. The number of benzene rings is 1. The Kier molecular flexibility index (Phi) is 7.33. The minimum Gasteiger partial charge on any atom is -0.493 e. The highest BCUT2D eigenvalue weighted by Gasteiger charge is 2.19. The van der Waals surface area contributed by atoms with E-state index in [1.807, 2.05) is 6.92 Å². The normalized spacial score (nSPS) is 15.1. The lowest BCUT2D eigenvalue weighted by molar-refractivity contribution is -0.130. The van der Waals surface area contributed by atoms with Crippen molar-refractivity contribution in [3.05, 3.63) is 28.8 Å². The SMILES string of the molecule is CCOc1c(Cl)cc(/C=C/C(=O)N2CCCN(C(C)=O)CC2)cc1OC. The van der Waals surface area contributed by atoms with Crippen LogP contribution in [-0.4, -0.2) is 61.5 Å². The molecule has 2 rings (SSSR count). The van der Waals surface area contributed by atoms with Crippen LogP contribution in [0.3, 0.4) is 0 Å². The molecule has 1 fully saturated rings. The maximum atomic E-state index is 12.5. The van der Waals surface area contributed by atoms with E-state index in [0.717, 1.165) is 12.0 Å². The first-order chi connectivity index (χ1) is 12.5. The summed E-state index contributed by atoms with van der Waals surface area (Å²) < 4.78 is 10.8. The molecule has 0 bridgehead atoms. The number of carbonyl (C=O) groups excluding carboxylic acids is 2. The minimum atomic E-state index is -0.0839. The van der Waals surface area contributed by atoms with Crippen LogP contribution in [-0.2, 0) is 9.59 Å². The maximum absolute atomic E-state index is 12.5. The van der Waals surface area contributed by atoms with Gasteiger partial charge in [0.15, 0.2) is 11.5 Å². The molecule has 1 aromatic carbocycles. The van der Waals surface area contributed by atoms with Crippen LogP contribution >= 0.6 is 11.6 Å². The molecule has 0 atom stereocenters. The second-order valence-corrected chi connectivity index (χ2v) is 6.39. The smallest absolute Gasteiger partial charge is 0.246 e. The highest BCUT2D eigenvalue weighted by molar-refractivity contribution is 6.32. The summed E-state index contributed by atoms with van der Waals surface area (Å²) in [5, 5.41) is 0.435. The van der Waals surface area contributed by atoms with E-state index >= 15 is 0 Å². The highest BCUT2D eigenvalue weighted by atomic mass is 35.5. The number of methoxy groups -OCH3 is 1. The molecule has 1 heterocycles. The van der Waals surface area contributed by atoms with Gasteiger partial charge < -0.3 is 19.3 Å². The molecular weight excluding hydrogens is 356 g/mol. The van der Waals surface area contributed by atoms with Crippen LogP contribution in [0.2, 0.25) is 5.02 Å². The number of halogens is 1. The first kappa shape index (κ1) is 20.1. The maximum Gasteiger partial charge on any atom is 0.246 e. The summed E-state index contributed by atoms with van der Waals surface area (Å²) in [7, 11) is 1.55. The van der Waals surface area contributed by atoms with E-state index in [9.17, 15) is 9.59 Å². The average molecular weight is 381 g/mol. The molecule has 26 heavy (non-hydrogen) atoms. The molecule has 7 heteroatoms. The Morgan fingerprint density at radius 1 is 1.19 bits per heavy atom. The molecule has 0 aliphatic carbocycles. The third-order valence-electron chi connectivity index (χ3n) is 4.21. The van der Waals surface area contributed by atoms with Gasteiger partial charge in [0.2, 0.25) is 11.8 Å². The van der Waals surface area contributed by atoms with Crippen LogP contribution in [0.15, 0.2) is 18.2 Å². The fraction of sp³-hybridized carbons (Fsp3) is 0.474. The Hall–Kier alpha value is -2.21. The standard InChI is InChI=1S/C19H25ClN2O4/c1-4-26-19-16(20)12-15(13-17(19)25-3)6-7-18(24)22-9-5-8-21(10-11-22)14(2)23/h6-7,12-13H,4-5,8-11H2,1-3H3/b7-6+. The third kappa shape index (κ3) is 5.14. The largest absolute Gasteiger partial charge is 0.493 e. The van der Waals surface area contributed by atoms with Crippen LogP contribution in [0.5, 0.6) is 11.5 Å². The Balaban J connectivity index is 2.08. The monoisotopic (exact) mass is 380 g/mol. The first-order valence-corrected chi connectivity index (χ1v) is 9.06. The molecular formula is C19H25ClN2O4. The van der Waals surface area contributed by atoms with Crippen molar-refractivity contribution in [1.82, 2.24) is 9.80 Å². The zero-order chi connectivity index (χ0) is 19.1. The number of amides is 2. The van der Waals surface area contributed by atoms with Crippen LogP contribution in [0.25, 0.3) is 6.08 Å². The van der Waals surface area contributed by atoms with Gasteiger partial charge in [0, 0.05) is 39.2 Å². The molecule has 1 saturated heterocycles. The van der Waals surface area contributed by atoms with Gasteiger partial charge >= 0.3 is 0 Å². The van der Waals surface area contributed by atoms with Crippen LogP contribution in [0.4, 0.5) is 0 Å². The summed E-state index contributed by atoms with van der Waals surface area (Å²) in [4.78, 5) is 27.5. The lowest BCUT2D eigenvalue weighted by atomic mass is 10.1. The number of ether oxygens (including phenoxy) is 2.